The third-order valence-corrected chi connectivity index (χ3v) is 4.31. The van der Waals surface area contributed by atoms with Gasteiger partial charge in [0.1, 0.15) is 17.5 Å². The quantitative estimate of drug-likeness (QED) is 0.851. The van der Waals surface area contributed by atoms with Gasteiger partial charge in [0.25, 0.3) is 0 Å². The Bertz CT molecular complexity index is 611. The lowest BCUT2D eigenvalue weighted by atomic mass is 10.2. The Morgan fingerprint density at radius 2 is 2.25 bits per heavy atom. The average Bonchev–Trinajstić information content (AvgIpc) is 3.02. The molecule has 1 aliphatic heterocycles. The second-order valence-electron chi connectivity index (χ2n) is 4.95. The van der Waals surface area contributed by atoms with Gasteiger partial charge in [-0.3, -0.25) is 0 Å². The van der Waals surface area contributed by atoms with Gasteiger partial charge in [-0.25, -0.2) is 4.39 Å². The van der Waals surface area contributed by atoms with Crippen molar-refractivity contribution in [2.75, 3.05) is 6.54 Å². The number of hydrogen-bond donors (Lipinski definition) is 1. The van der Waals surface area contributed by atoms with Crippen molar-refractivity contribution in [3.8, 4) is 0 Å². The van der Waals surface area contributed by atoms with E-state index in [1.165, 1.54) is 12.5 Å². The SMILES string of the molecule is Fc1ccc(Br)c(CNCCc2nnc3n2CCC3)c1. The molecular formula is C14H16BrFN4. The molecule has 3 rings (SSSR count). The molecule has 0 bridgehead atoms. The van der Waals surface area contributed by atoms with Gasteiger partial charge in [0.2, 0.25) is 0 Å². The van der Waals surface area contributed by atoms with Crippen LogP contribution in [0.25, 0.3) is 0 Å². The number of rotatable bonds is 5. The van der Waals surface area contributed by atoms with E-state index < -0.39 is 0 Å². The topological polar surface area (TPSA) is 42.7 Å². The molecule has 1 aromatic carbocycles. The molecule has 0 aliphatic carbocycles. The maximum absolute atomic E-state index is 13.2. The molecule has 0 atom stereocenters. The minimum Gasteiger partial charge on any atom is -0.315 e. The third kappa shape index (κ3) is 2.91. The van der Waals surface area contributed by atoms with Crippen molar-refractivity contribution >= 4 is 15.9 Å². The lowest BCUT2D eigenvalue weighted by Gasteiger charge is -2.07. The van der Waals surface area contributed by atoms with Crippen molar-refractivity contribution in [1.82, 2.24) is 20.1 Å². The molecule has 0 unspecified atom stereocenters. The summed E-state index contributed by atoms with van der Waals surface area (Å²) in [7, 11) is 0. The molecule has 0 radical (unpaired) electrons. The van der Waals surface area contributed by atoms with Gasteiger partial charge in [-0.15, -0.1) is 10.2 Å². The summed E-state index contributed by atoms with van der Waals surface area (Å²) >= 11 is 3.43. The standard InChI is InChI=1S/C14H16BrFN4/c15-12-4-3-11(16)8-10(12)9-17-6-5-14-19-18-13-2-1-7-20(13)14/h3-4,8,17H,1-2,5-7,9H2. The van der Waals surface area contributed by atoms with Crippen LogP contribution >= 0.6 is 15.9 Å². The van der Waals surface area contributed by atoms with Crippen LogP contribution < -0.4 is 5.32 Å². The van der Waals surface area contributed by atoms with Gasteiger partial charge in [0.05, 0.1) is 0 Å². The van der Waals surface area contributed by atoms with Crippen molar-refractivity contribution in [3.63, 3.8) is 0 Å². The van der Waals surface area contributed by atoms with Crippen molar-refractivity contribution < 1.29 is 4.39 Å². The maximum atomic E-state index is 13.2. The highest BCUT2D eigenvalue weighted by atomic mass is 79.9. The molecule has 0 spiro atoms. The zero-order chi connectivity index (χ0) is 13.9. The predicted octanol–water partition coefficient (Wildman–Crippen LogP) is 2.46. The lowest BCUT2D eigenvalue weighted by Crippen LogP contribution is -2.18. The zero-order valence-electron chi connectivity index (χ0n) is 11.1. The second-order valence-corrected chi connectivity index (χ2v) is 5.80. The van der Waals surface area contributed by atoms with Gasteiger partial charge < -0.3 is 9.88 Å². The molecule has 1 aromatic heterocycles. The normalized spacial score (nSPS) is 13.7. The molecule has 2 aromatic rings. The van der Waals surface area contributed by atoms with Crippen LogP contribution in [0.4, 0.5) is 4.39 Å². The highest BCUT2D eigenvalue weighted by molar-refractivity contribution is 9.10. The van der Waals surface area contributed by atoms with Gasteiger partial charge in [-0.2, -0.15) is 0 Å². The molecule has 20 heavy (non-hydrogen) atoms. The fourth-order valence-corrected chi connectivity index (χ4v) is 2.88. The van der Waals surface area contributed by atoms with E-state index in [4.69, 9.17) is 0 Å². The van der Waals surface area contributed by atoms with Crippen LogP contribution in [0.2, 0.25) is 0 Å². The number of aryl methyl sites for hydroxylation is 1. The monoisotopic (exact) mass is 338 g/mol. The molecule has 1 N–H and O–H groups in total. The first kappa shape index (κ1) is 13.7. The molecule has 0 fully saturated rings. The largest absolute Gasteiger partial charge is 0.315 e. The molecule has 4 nitrogen and oxygen atoms in total. The smallest absolute Gasteiger partial charge is 0.134 e. The summed E-state index contributed by atoms with van der Waals surface area (Å²) in [6, 6.07) is 4.73. The van der Waals surface area contributed by atoms with Gasteiger partial charge in [0, 0.05) is 36.9 Å². The Morgan fingerprint density at radius 1 is 1.35 bits per heavy atom. The van der Waals surface area contributed by atoms with Crippen molar-refractivity contribution in [2.45, 2.75) is 32.4 Å². The summed E-state index contributed by atoms with van der Waals surface area (Å²) in [6.45, 7) is 2.48. The number of aromatic nitrogens is 3. The fraction of sp³-hybridized carbons (Fsp3) is 0.429. The summed E-state index contributed by atoms with van der Waals surface area (Å²) in [5.74, 6) is 1.94. The maximum Gasteiger partial charge on any atom is 0.134 e. The van der Waals surface area contributed by atoms with Crippen LogP contribution in [0, 0.1) is 5.82 Å². The van der Waals surface area contributed by atoms with Gasteiger partial charge in [0.15, 0.2) is 0 Å². The van der Waals surface area contributed by atoms with Crippen LogP contribution in [0.15, 0.2) is 22.7 Å². The number of nitrogens with zero attached hydrogens (tertiary/aromatic N) is 3. The Hall–Kier alpha value is -1.27. The number of fused-ring (bicyclic) bond motifs is 1. The van der Waals surface area contributed by atoms with E-state index in [-0.39, 0.29) is 5.82 Å². The Balaban J connectivity index is 1.52. The molecule has 6 heteroatoms. The highest BCUT2D eigenvalue weighted by Gasteiger charge is 2.16. The van der Waals surface area contributed by atoms with Crippen molar-refractivity contribution in [2.24, 2.45) is 0 Å². The van der Waals surface area contributed by atoms with E-state index in [0.29, 0.717) is 6.54 Å². The fourth-order valence-electron chi connectivity index (χ4n) is 2.50. The first-order chi connectivity index (χ1) is 9.74. The molecule has 106 valence electrons. The van der Waals surface area contributed by atoms with Crippen LogP contribution in [-0.4, -0.2) is 21.3 Å². The Labute approximate surface area is 125 Å². The van der Waals surface area contributed by atoms with E-state index in [2.05, 4.69) is 36.0 Å². The van der Waals surface area contributed by atoms with E-state index in [1.807, 2.05) is 0 Å². The second kappa shape index (κ2) is 6.01. The summed E-state index contributed by atoms with van der Waals surface area (Å²) in [6.07, 6.45) is 3.05. The predicted molar refractivity (Wildman–Crippen MR) is 77.9 cm³/mol. The van der Waals surface area contributed by atoms with Crippen LogP contribution in [0.5, 0.6) is 0 Å². The summed E-state index contributed by atoms with van der Waals surface area (Å²) in [4.78, 5) is 0. The minimum atomic E-state index is -0.208. The molecule has 0 saturated heterocycles. The first-order valence-corrected chi connectivity index (χ1v) is 7.59. The summed E-state index contributed by atoms with van der Waals surface area (Å²) in [5, 5.41) is 11.7. The van der Waals surface area contributed by atoms with Gasteiger partial charge >= 0.3 is 0 Å². The average molecular weight is 339 g/mol. The van der Waals surface area contributed by atoms with Crippen LogP contribution in [-0.2, 0) is 25.9 Å². The molecular weight excluding hydrogens is 323 g/mol. The summed E-state index contributed by atoms with van der Waals surface area (Å²) < 4.78 is 16.3. The van der Waals surface area contributed by atoms with Crippen LogP contribution in [0.1, 0.15) is 23.6 Å². The van der Waals surface area contributed by atoms with Crippen molar-refractivity contribution in [1.29, 1.82) is 0 Å². The lowest BCUT2D eigenvalue weighted by molar-refractivity contribution is 0.611. The Kier molecular flexibility index (Phi) is 4.12. The zero-order valence-corrected chi connectivity index (χ0v) is 12.7. The minimum absolute atomic E-state index is 0.208. The van der Waals surface area contributed by atoms with Crippen LogP contribution in [0.3, 0.4) is 0 Å². The third-order valence-electron chi connectivity index (χ3n) is 3.53. The molecule has 1 aliphatic rings. The number of benzene rings is 1. The number of halogens is 2. The highest BCUT2D eigenvalue weighted by Crippen LogP contribution is 2.17. The summed E-state index contributed by atoms with van der Waals surface area (Å²) in [5.41, 5.74) is 0.927. The van der Waals surface area contributed by atoms with E-state index in [1.54, 1.807) is 12.1 Å². The van der Waals surface area contributed by atoms with Gasteiger partial charge in [-0.05, 0) is 30.2 Å². The van der Waals surface area contributed by atoms with Gasteiger partial charge in [-0.1, -0.05) is 15.9 Å². The molecule has 0 saturated carbocycles. The van der Waals surface area contributed by atoms with E-state index >= 15 is 0 Å². The van der Waals surface area contributed by atoms with Crippen molar-refractivity contribution in [3.05, 3.63) is 45.7 Å². The Morgan fingerprint density at radius 3 is 3.15 bits per heavy atom. The van der Waals surface area contributed by atoms with E-state index in [0.717, 1.165) is 47.6 Å². The molecule has 2 heterocycles. The van der Waals surface area contributed by atoms with E-state index in [9.17, 15) is 4.39 Å². The molecule has 0 amide bonds. The first-order valence-electron chi connectivity index (χ1n) is 6.79. The number of hydrogen-bond acceptors (Lipinski definition) is 3. The number of nitrogens with one attached hydrogen (secondary N) is 1.